The van der Waals surface area contributed by atoms with E-state index in [-0.39, 0.29) is 17.7 Å². The van der Waals surface area contributed by atoms with Crippen LogP contribution in [0.4, 0.5) is 20.4 Å². The van der Waals surface area contributed by atoms with Crippen molar-refractivity contribution in [3.8, 4) is 22.3 Å². The van der Waals surface area contributed by atoms with Crippen molar-refractivity contribution < 1.29 is 32.5 Å². The van der Waals surface area contributed by atoms with Crippen molar-refractivity contribution in [1.29, 1.82) is 0 Å². The Bertz CT molecular complexity index is 3520. The number of halogens is 2. The van der Waals surface area contributed by atoms with Crippen LogP contribution in [-0.4, -0.2) is 138 Å². The molecule has 87 heavy (non-hydrogen) atoms. The molecule has 6 aromatic heterocycles. The summed E-state index contributed by atoms with van der Waals surface area (Å²) in [4.78, 5) is 25.9. The molecule has 7 heterocycles. The van der Waals surface area contributed by atoms with Crippen LogP contribution >= 0.6 is 0 Å². The number of nitrogens with zero attached hydrogens (tertiary/aromatic N) is 13. The molecule has 2 atom stereocenters. The van der Waals surface area contributed by atoms with E-state index in [9.17, 15) is 8.78 Å². The van der Waals surface area contributed by atoms with E-state index in [1.54, 1.807) is 52.9 Å². The van der Waals surface area contributed by atoms with Gasteiger partial charge in [0.2, 0.25) is 0 Å². The lowest BCUT2D eigenvalue weighted by atomic mass is 10.1. The van der Waals surface area contributed by atoms with Crippen LogP contribution in [0.5, 0.6) is 0 Å². The first-order valence-electron chi connectivity index (χ1n) is 30.2. The molecule has 25 heteroatoms. The third-order valence-electron chi connectivity index (χ3n) is 14.4. The smallest absolute Gasteiger partial charge is 0.165 e. The molecule has 0 radical (unpaired) electrons. The number of anilines is 2. The summed E-state index contributed by atoms with van der Waals surface area (Å²) in [5, 5.41) is 14.7. The van der Waals surface area contributed by atoms with Gasteiger partial charge in [0.15, 0.2) is 11.3 Å². The molecule has 0 spiro atoms. The Morgan fingerprint density at radius 1 is 0.575 bits per heavy atom. The fourth-order valence-corrected chi connectivity index (χ4v) is 12.0. The van der Waals surface area contributed by atoms with E-state index in [0.717, 1.165) is 76.7 Å². The number of hydrogen-bond donors (Lipinski definition) is 1. The minimum atomic E-state index is -1.27. The Morgan fingerprint density at radius 2 is 0.954 bits per heavy atom. The van der Waals surface area contributed by atoms with E-state index in [1.165, 1.54) is 37.1 Å². The van der Waals surface area contributed by atoms with Gasteiger partial charge in [0.25, 0.3) is 0 Å². The molecule has 1 saturated heterocycles. The lowest BCUT2D eigenvalue weighted by Gasteiger charge is -2.27. The molecule has 8 aromatic rings. The van der Waals surface area contributed by atoms with Gasteiger partial charge in [-0.15, -0.1) is 0 Å². The van der Waals surface area contributed by atoms with Crippen molar-refractivity contribution in [1.82, 2.24) is 39.2 Å². The predicted molar refractivity (Wildman–Crippen MR) is 358 cm³/mol. The molecule has 2 aromatic carbocycles. The molecule has 19 nitrogen and oxygen atoms in total. The Labute approximate surface area is 516 Å². The Balaban J connectivity index is 0.000000230. The largest absolute Gasteiger partial charge is 0.381 e. The summed E-state index contributed by atoms with van der Waals surface area (Å²) in [6.45, 7) is 37.8. The van der Waals surface area contributed by atoms with Crippen LogP contribution in [0.3, 0.4) is 0 Å². The maximum atomic E-state index is 14.0. The van der Waals surface area contributed by atoms with E-state index < -0.39 is 38.3 Å². The Morgan fingerprint density at radius 3 is 1.30 bits per heavy atom. The zero-order valence-corrected chi connectivity index (χ0v) is 57.7. The van der Waals surface area contributed by atoms with Gasteiger partial charge in [-0.2, -0.15) is 19.2 Å². The highest BCUT2D eigenvalue weighted by atomic mass is 28.3. The van der Waals surface area contributed by atoms with Crippen LogP contribution in [0.1, 0.15) is 50.2 Å². The number of rotatable bonds is 27. The second-order valence-corrected chi connectivity index (χ2v) is 49.7. The predicted octanol–water partition coefficient (Wildman–Crippen LogP) is 15.2. The lowest BCUT2D eigenvalue weighted by molar-refractivity contribution is 0.0940. The van der Waals surface area contributed by atoms with Crippen molar-refractivity contribution in [2.45, 2.75) is 142 Å². The van der Waals surface area contributed by atoms with Gasteiger partial charge in [-0.1, -0.05) is 90.6 Å². The molecule has 0 saturated carbocycles. The average Bonchev–Trinajstić information content (AvgIpc) is 2.83. The molecule has 0 bridgehead atoms. The summed E-state index contributed by atoms with van der Waals surface area (Å²) in [6, 6.07) is 20.2. The van der Waals surface area contributed by atoms with E-state index in [4.69, 9.17) is 55.1 Å². The monoisotopic (exact) mass is 1260 g/mol. The second kappa shape index (κ2) is 30.9. The maximum Gasteiger partial charge on any atom is 0.165 e. The van der Waals surface area contributed by atoms with Gasteiger partial charge in [0.1, 0.15) is 50.2 Å². The first-order valence-corrected chi connectivity index (χ1v) is 45.1. The number of azide groups is 1. The molecule has 9 rings (SSSR count). The number of aromatic nitrogens is 8. The highest BCUT2D eigenvalue weighted by Gasteiger charge is 2.24. The summed E-state index contributed by atoms with van der Waals surface area (Å²) in [5.74, 6) is 0.877. The number of pyridine rings is 2. The third-order valence-corrected chi connectivity index (χ3v) is 21.2. The zero-order valence-electron chi connectivity index (χ0n) is 53.7. The van der Waals surface area contributed by atoms with Crippen LogP contribution < -0.4 is 15.5 Å². The second-order valence-electron chi connectivity index (χ2n) is 27.2. The molecule has 470 valence electrons. The number of hydrogen-bond acceptors (Lipinski definition) is 15. The van der Waals surface area contributed by atoms with Gasteiger partial charge in [0.05, 0.1) is 40.9 Å². The normalized spacial score (nSPS) is 13.8. The summed E-state index contributed by atoms with van der Waals surface area (Å²) in [7, 11) is -5.00. The van der Waals surface area contributed by atoms with Crippen molar-refractivity contribution in [3.05, 3.63) is 119 Å². The fourth-order valence-electron chi connectivity index (χ4n) is 8.93. The molecular formula is C62H92F2N14O5Si4. The van der Waals surface area contributed by atoms with Crippen molar-refractivity contribution in [2.24, 2.45) is 10.8 Å². The molecular weight excluding hydrogens is 1170 g/mol. The van der Waals surface area contributed by atoms with Gasteiger partial charge < -0.3 is 39.2 Å². The fraction of sp³-hybridized carbons (Fsp3) is 0.516. The van der Waals surface area contributed by atoms with Crippen LogP contribution in [0.15, 0.2) is 90.6 Å². The standard InChI is InChI=1S/C29H41FN8O2Si2.C29H43FN6O2Si2.C4H8O/c1-21(35-36-31)27-16-28(37(19-39-10-12-41(2,3)4)20-40-11-13-42(5,6)7)38-29(34-27)25(18-33-38)23-14-22-15-24(30)8-9-26(22)32-17-23;1-21(31)27-16-28(35(19-37-10-12-39(2,3)4)20-38-11-13-40(5,6)7)36-29(34-27)25(18-33-36)23-14-22-15-24(30)8-9-26(22)32-17-23;1-2-4-5-3-1/h8-9,14-18,21H,10-13,19-20H2,1-7H3;8-9,14-18,21H,10-13,19-20,31H2,1-7H3;1-4H2. The minimum Gasteiger partial charge on any atom is -0.381 e. The maximum absolute atomic E-state index is 14.0. The topological polar surface area (TPSA) is 214 Å². The average molecular weight is 1260 g/mol. The summed E-state index contributed by atoms with van der Waals surface area (Å²) in [6.07, 6.45) is 9.56. The Kier molecular flexibility index (Phi) is 24.3. The van der Waals surface area contributed by atoms with Crippen LogP contribution in [0, 0.1) is 11.6 Å². The number of ether oxygens (including phenoxy) is 5. The van der Waals surface area contributed by atoms with Crippen LogP contribution in [0.2, 0.25) is 103 Å². The van der Waals surface area contributed by atoms with E-state index in [0.29, 0.717) is 92.4 Å². The van der Waals surface area contributed by atoms with Gasteiger partial charge in [-0.25, -0.2) is 18.7 Å². The third kappa shape index (κ3) is 21.0. The van der Waals surface area contributed by atoms with Gasteiger partial charge in [0, 0.05) is 140 Å². The first kappa shape index (κ1) is 68.4. The first-order chi connectivity index (χ1) is 41.1. The minimum absolute atomic E-state index is 0.294. The van der Waals surface area contributed by atoms with Crippen LogP contribution in [0.25, 0.3) is 65.8 Å². The summed E-state index contributed by atoms with van der Waals surface area (Å²) >= 11 is 0. The van der Waals surface area contributed by atoms with E-state index in [2.05, 4.69) is 103 Å². The quantitative estimate of drug-likeness (QED) is 0.0127. The van der Waals surface area contributed by atoms with Crippen molar-refractivity contribution in [3.63, 3.8) is 0 Å². The van der Waals surface area contributed by atoms with Gasteiger partial charge in [-0.3, -0.25) is 9.97 Å². The van der Waals surface area contributed by atoms with E-state index in [1.807, 2.05) is 36.1 Å². The number of benzene rings is 2. The van der Waals surface area contributed by atoms with Crippen LogP contribution in [-0.2, 0) is 23.7 Å². The highest BCUT2D eigenvalue weighted by Crippen LogP contribution is 2.33. The van der Waals surface area contributed by atoms with Gasteiger partial charge >= 0.3 is 0 Å². The summed E-state index contributed by atoms with van der Waals surface area (Å²) in [5.41, 5.74) is 22.5. The number of fused-ring (bicyclic) bond motifs is 4. The van der Waals surface area contributed by atoms with Crippen molar-refractivity contribution in [2.75, 3.05) is 76.4 Å². The van der Waals surface area contributed by atoms with Crippen molar-refractivity contribution >= 4 is 77.0 Å². The number of nitrogens with two attached hydrogens (primary N) is 1. The summed E-state index contributed by atoms with van der Waals surface area (Å²) < 4.78 is 61.1. The molecule has 1 aliphatic rings. The zero-order chi connectivity index (χ0) is 63.1. The SMILES string of the molecule is C1CCOC1.CC(N)c1cc(N(COCC[Si](C)(C)C)COCC[Si](C)(C)C)n2ncc(-c3cnc4ccc(F)cc4c3)c2n1.CC(N=[N+]=[N-])c1cc(N(COCC[Si](C)(C)C)COCC[Si](C)(C)C)n2ncc(-c3cnc4ccc(F)cc4c3)c2n1. The molecule has 1 fully saturated rings. The molecule has 0 amide bonds. The molecule has 2 N–H and O–H groups in total. The van der Waals surface area contributed by atoms with E-state index >= 15 is 0 Å². The lowest BCUT2D eigenvalue weighted by Crippen LogP contribution is -2.33. The molecule has 2 unspecified atom stereocenters. The molecule has 0 aliphatic carbocycles. The Hall–Kier alpha value is -6.10. The molecule has 1 aliphatic heterocycles. The highest BCUT2D eigenvalue weighted by molar-refractivity contribution is 6.77. The van der Waals surface area contributed by atoms with Gasteiger partial charge in [-0.05, 0) is 98.0 Å².